The Balaban J connectivity index is 2.10. The van der Waals surface area contributed by atoms with Crippen LogP contribution in [-0.2, 0) is 0 Å². The van der Waals surface area contributed by atoms with Crippen LogP contribution in [0.2, 0.25) is 0 Å². The zero-order valence-corrected chi connectivity index (χ0v) is 11.8. The van der Waals surface area contributed by atoms with Crippen molar-refractivity contribution in [2.24, 2.45) is 0 Å². The molecule has 0 radical (unpaired) electrons. The molecule has 1 atom stereocenters. The van der Waals surface area contributed by atoms with Crippen LogP contribution >= 0.6 is 0 Å². The first-order valence-corrected chi connectivity index (χ1v) is 6.99. The van der Waals surface area contributed by atoms with Gasteiger partial charge in [0.25, 0.3) is 0 Å². The first-order valence-electron chi connectivity index (χ1n) is 6.99. The highest BCUT2D eigenvalue weighted by Gasteiger charge is 2.27. The van der Waals surface area contributed by atoms with Crippen molar-refractivity contribution < 1.29 is 5.11 Å². The summed E-state index contributed by atoms with van der Waals surface area (Å²) < 4.78 is 1.99. The van der Waals surface area contributed by atoms with E-state index >= 15 is 0 Å². The fraction of sp³-hybridized carbons (Fsp3) is 0.615. The van der Waals surface area contributed by atoms with Gasteiger partial charge in [-0.15, -0.1) is 0 Å². The Kier molecular flexibility index (Phi) is 3.21. The second-order valence-electron chi connectivity index (χ2n) is 5.50. The molecule has 3 heterocycles. The summed E-state index contributed by atoms with van der Waals surface area (Å²) in [5.74, 6) is 0.988. The lowest BCUT2D eigenvalue weighted by molar-refractivity contribution is 0.265. The maximum atomic E-state index is 9.44. The first-order chi connectivity index (χ1) is 9.61. The van der Waals surface area contributed by atoms with E-state index in [9.17, 15) is 5.11 Å². The van der Waals surface area contributed by atoms with Crippen LogP contribution in [0.4, 0.5) is 11.8 Å². The van der Waals surface area contributed by atoms with Crippen LogP contribution in [0.3, 0.4) is 0 Å². The summed E-state index contributed by atoms with van der Waals surface area (Å²) in [7, 11) is 0. The maximum absolute atomic E-state index is 9.44. The number of fused-ring (bicyclic) bond motifs is 1. The van der Waals surface area contributed by atoms with Crippen molar-refractivity contribution in [3.05, 3.63) is 6.33 Å². The number of imidazole rings is 1. The number of nitrogen functional groups attached to an aromatic ring is 1. The molecule has 0 spiro atoms. The number of hydrogen-bond donors (Lipinski definition) is 2. The molecule has 3 N–H and O–H groups in total. The topological polar surface area (TPSA) is 93.1 Å². The summed E-state index contributed by atoms with van der Waals surface area (Å²) >= 11 is 0. The molecule has 0 bridgehead atoms. The fourth-order valence-corrected chi connectivity index (χ4v) is 2.72. The molecule has 0 amide bonds. The summed E-state index contributed by atoms with van der Waals surface area (Å²) in [6.07, 6.45) is 3.74. The largest absolute Gasteiger partial charge is 0.394 e. The van der Waals surface area contributed by atoms with Crippen LogP contribution in [-0.4, -0.2) is 43.8 Å². The number of anilines is 2. The summed E-state index contributed by atoms with van der Waals surface area (Å²) in [4.78, 5) is 15.3. The van der Waals surface area contributed by atoms with Gasteiger partial charge in [-0.25, -0.2) is 4.98 Å². The van der Waals surface area contributed by atoms with Gasteiger partial charge in [-0.2, -0.15) is 9.97 Å². The van der Waals surface area contributed by atoms with E-state index in [2.05, 4.69) is 28.8 Å². The van der Waals surface area contributed by atoms with Crippen LogP contribution in [0, 0.1) is 0 Å². The number of nitrogens with two attached hydrogens (primary N) is 1. The highest BCUT2D eigenvalue weighted by atomic mass is 16.3. The molecule has 0 aliphatic carbocycles. The van der Waals surface area contributed by atoms with Gasteiger partial charge >= 0.3 is 0 Å². The average Bonchev–Trinajstić information content (AvgIpc) is 3.04. The molecule has 20 heavy (non-hydrogen) atoms. The first kappa shape index (κ1) is 13.1. The van der Waals surface area contributed by atoms with Crippen molar-refractivity contribution in [2.75, 3.05) is 23.8 Å². The Morgan fingerprint density at radius 1 is 1.45 bits per heavy atom. The number of aromatic nitrogens is 4. The van der Waals surface area contributed by atoms with E-state index in [1.165, 1.54) is 0 Å². The molecule has 0 saturated carbocycles. The Morgan fingerprint density at radius 3 is 2.95 bits per heavy atom. The van der Waals surface area contributed by atoms with E-state index in [0.29, 0.717) is 17.3 Å². The van der Waals surface area contributed by atoms with Gasteiger partial charge in [0, 0.05) is 12.6 Å². The van der Waals surface area contributed by atoms with Gasteiger partial charge in [0.1, 0.15) is 5.52 Å². The smallest absolute Gasteiger partial charge is 0.229 e. The summed E-state index contributed by atoms with van der Waals surface area (Å²) in [5, 5.41) is 9.44. The van der Waals surface area contributed by atoms with Gasteiger partial charge < -0.3 is 20.3 Å². The van der Waals surface area contributed by atoms with E-state index in [4.69, 9.17) is 5.73 Å². The van der Waals surface area contributed by atoms with Crippen molar-refractivity contribution in [2.45, 2.75) is 38.8 Å². The van der Waals surface area contributed by atoms with Crippen LogP contribution in [0.5, 0.6) is 0 Å². The van der Waals surface area contributed by atoms with Crippen molar-refractivity contribution in [1.29, 1.82) is 0 Å². The number of aliphatic hydroxyl groups excluding tert-OH is 1. The molecule has 1 aliphatic heterocycles. The van der Waals surface area contributed by atoms with E-state index in [0.717, 1.165) is 25.0 Å². The molecular weight excluding hydrogens is 256 g/mol. The number of aliphatic hydroxyl groups is 1. The van der Waals surface area contributed by atoms with Gasteiger partial charge in [-0.1, -0.05) is 0 Å². The average molecular weight is 276 g/mol. The quantitative estimate of drug-likeness (QED) is 0.867. The molecular formula is C13H20N6O. The van der Waals surface area contributed by atoms with Crippen LogP contribution in [0.1, 0.15) is 32.7 Å². The summed E-state index contributed by atoms with van der Waals surface area (Å²) in [6, 6.07) is 0.344. The fourth-order valence-electron chi connectivity index (χ4n) is 2.72. The van der Waals surface area contributed by atoms with E-state index in [-0.39, 0.29) is 18.7 Å². The SMILES string of the molecule is CC(C)n1cnc2c(N)nc(N3CCCC3CO)nc21. The summed E-state index contributed by atoms with van der Waals surface area (Å²) in [5.41, 5.74) is 7.41. The van der Waals surface area contributed by atoms with Gasteiger partial charge in [0.2, 0.25) is 5.95 Å². The van der Waals surface area contributed by atoms with Crippen LogP contribution < -0.4 is 10.6 Å². The number of nitrogens with zero attached hydrogens (tertiary/aromatic N) is 5. The third-order valence-electron chi connectivity index (χ3n) is 3.84. The number of rotatable bonds is 3. The van der Waals surface area contributed by atoms with E-state index in [1.54, 1.807) is 6.33 Å². The zero-order valence-electron chi connectivity index (χ0n) is 11.8. The highest BCUT2D eigenvalue weighted by molar-refractivity contribution is 5.83. The lowest BCUT2D eigenvalue weighted by atomic mass is 10.2. The Labute approximate surface area is 117 Å². The Bertz CT molecular complexity index is 623. The minimum absolute atomic E-state index is 0.0854. The predicted molar refractivity (Wildman–Crippen MR) is 77.6 cm³/mol. The zero-order chi connectivity index (χ0) is 14.3. The van der Waals surface area contributed by atoms with Gasteiger partial charge in [0.15, 0.2) is 11.5 Å². The lowest BCUT2D eigenvalue weighted by Crippen LogP contribution is -2.33. The van der Waals surface area contributed by atoms with Gasteiger partial charge in [-0.3, -0.25) is 0 Å². The highest BCUT2D eigenvalue weighted by Crippen LogP contribution is 2.27. The van der Waals surface area contributed by atoms with Crippen LogP contribution in [0.25, 0.3) is 11.2 Å². The molecule has 2 aromatic heterocycles. The maximum Gasteiger partial charge on any atom is 0.229 e. The number of hydrogen-bond acceptors (Lipinski definition) is 6. The third-order valence-corrected chi connectivity index (χ3v) is 3.84. The minimum Gasteiger partial charge on any atom is -0.394 e. The molecule has 3 rings (SSSR count). The second kappa shape index (κ2) is 4.90. The predicted octanol–water partition coefficient (Wildman–Crippen LogP) is 0.950. The molecule has 7 heteroatoms. The van der Waals surface area contributed by atoms with Crippen molar-refractivity contribution in [3.8, 4) is 0 Å². The van der Waals surface area contributed by atoms with E-state index < -0.39 is 0 Å². The molecule has 1 unspecified atom stereocenters. The van der Waals surface area contributed by atoms with Crippen molar-refractivity contribution >= 4 is 22.9 Å². The van der Waals surface area contributed by atoms with Crippen molar-refractivity contribution in [3.63, 3.8) is 0 Å². The Hall–Kier alpha value is -1.89. The van der Waals surface area contributed by atoms with E-state index in [1.807, 2.05) is 9.47 Å². The monoisotopic (exact) mass is 276 g/mol. The lowest BCUT2D eigenvalue weighted by Gasteiger charge is -2.23. The second-order valence-corrected chi connectivity index (χ2v) is 5.50. The normalized spacial score (nSPS) is 19.4. The molecule has 1 aliphatic rings. The summed E-state index contributed by atoms with van der Waals surface area (Å²) in [6.45, 7) is 5.12. The molecule has 7 nitrogen and oxygen atoms in total. The van der Waals surface area contributed by atoms with Crippen LogP contribution in [0.15, 0.2) is 6.33 Å². The molecule has 2 aromatic rings. The molecule has 108 valence electrons. The third kappa shape index (κ3) is 1.98. The molecule has 1 fully saturated rings. The standard InChI is InChI=1S/C13H20N6O/c1-8(2)19-7-15-10-11(14)16-13(17-12(10)19)18-5-3-4-9(18)6-20/h7-9,20H,3-6H2,1-2H3,(H2,14,16,17). The van der Waals surface area contributed by atoms with Gasteiger partial charge in [-0.05, 0) is 26.7 Å². The minimum atomic E-state index is 0.0854. The Morgan fingerprint density at radius 2 is 2.25 bits per heavy atom. The molecule has 0 aromatic carbocycles. The van der Waals surface area contributed by atoms with Gasteiger partial charge in [0.05, 0.1) is 19.0 Å². The van der Waals surface area contributed by atoms with Crippen molar-refractivity contribution in [1.82, 2.24) is 19.5 Å². The molecule has 1 saturated heterocycles.